The maximum atomic E-state index is 13.5. The Morgan fingerprint density at radius 2 is 1.78 bits per heavy atom. The van der Waals surface area contributed by atoms with Crippen molar-refractivity contribution in [1.29, 1.82) is 5.26 Å². The van der Waals surface area contributed by atoms with Crippen LogP contribution >= 0.6 is 0 Å². The quantitative estimate of drug-likeness (QED) is 0.669. The summed E-state index contributed by atoms with van der Waals surface area (Å²) in [5.41, 5.74) is 1.98. The van der Waals surface area contributed by atoms with Crippen LogP contribution in [-0.4, -0.2) is 66.8 Å². The Hall–Kier alpha value is -3.24. The highest BCUT2D eigenvalue weighted by atomic mass is 19.1. The van der Waals surface area contributed by atoms with Crippen LogP contribution in [0.25, 0.3) is 0 Å². The van der Waals surface area contributed by atoms with Gasteiger partial charge in [0.2, 0.25) is 5.91 Å². The fourth-order valence-corrected chi connectivity index (χ4v) is 3.89. The van der Waals surface area contributed by atoms with E-state index in [1.54, 1.807) is 17.0 Å². The molecular weight excluding hydrogens is 407 g/mol. The van der Waals surface area contributed by atoms with Crippen LogP contribution in [0.15, 0.2) is 48.5 Å². The molecule has 1 aliphatic rings. The molecule has 168 valence electrons. The van der Waals surface area contributed by atoms with Crippen LogP contribution < -0.4 is 0 Å². The Morgan fingerprint density at radius 3 is 2.41 bits per heavy atom. The SMILES string of the molecule is CN(C)CCN(Cc1ccc(C#N)cc1)C(=O)[C@H]1CCCN(C(=O)c2ccc(F)cc2)C1. The van der Waals surface area contributed by atoms with Crippen LogP contribution in [0, 0.1) is 23.1 Å². The zero-order valence-corrected chi connectivity index (χ0v) is 18.6. The maximum Gasteiger partial charge on any atom is 0.253 e. The second kappa shape index (κ2) is 10.9. The van der Waals surface area contributed by atoms with E-state index in [0.717, 1.165) is 24.9 Å². The van der Waals surface area contributed by atoms with Gasteiger partial charge in [0.25, 0.3) is 5.91 Å². The van der Waals surface area contributed by atoms with Crippen LogP contribution in [0.1, 0.15) is 34.3 Å². The highest BCUT2D eigenvalue weighted by Gasteiger charge is 2.31. The molecule has 1 atom stereocenters. The van der Waals surface area contributed by atoms with Crippen LogP contribution in [-0.2, 0) is 11.3 Å². The zero-order chi connectivity index (χ0) is 23.1. The molecule has 0 saturated carbocycles. The molecule has 2 amide bonds. The number of halogens is 1. The third kappa shape index (κ3) is 6.14. The summed E-state index contributed by atoms with van der Waals surface area (Å²) in [6.07, 6.45) is 1.49. The van der Waals surface area contributed by atoms with Gasteiger partial charge in [0.1, 0.15) is 5.82 Å². The van der Waals surface area contributed by atoms with Crippen LogP contribution in [0.4, 0.5) is 4.39 Å². The van der Waals surface area contributed by atoms with Crippen LogP contribution in [0.2, 0.25) is 0 Å². The molecule has 1 saturated heterocycles. The standard InChI is InChI=1S/C25H29FN4O2/c1-28(2)14-15-30(17-20-7-5-19(16-27)6-8-20)25(32)22-4-3-13-29(18-22)24(31)21-9-11-23(26)12-10-21/h5-12,22H,3-4,13-15,17-18H2,1-2H3/t22-/m0/s1. The number of piperidine rings is 1. The number of benzene rings is 2. The molecular formula is C25H29FN4O2. The first-order valence-corrected chi connectivity index (χ1v) is 10.8. The summed E-state index contributed by atoms with van der Waals surface area (Å²) < 4.78 is 13.2. The maximum absolute atomic E-state index is 13.5. The topological polar surface area (TPSA) is 67.7 Å². The third-order valence-corrected chi connectivity index (χ3v) is 5.73. The number of carbonyl (C=O) groups excluding carboxylic acids is 2. The number of hydrogen-bond donors (Lipinski definition) is 0. The average molecular weight is 437 g/mol. The Balaban J connectivity index is 1.71. The minimum absolute atomic E-state index is 0.0350. The number of carbonyl (C=O) groups is 2. The van der Waals surface area contributed by atoms with Crippen molar-refractivity contribution in [3.05, 3.63) is 71.0 Å². The molecule has 0 aromatic heterocycles. The number of likely N-dealkylation sites (N-methyl/N-ethyl adjacent to an activating group) is 1. The molecule has 2 aromatic rings. The fraction of sp³-hybridized carbons (Fsp3) is 0.400. The number of nitrogens with zero attached hydrogens (tertiary/aromatic N) is 4. The number of amides is 2. The fourth-order valence-electron chi connectivity index (χ4n) is 3.89. The second-order valence-corrected chi connectivity index (χ2v) is 8.47. The molecule has 3 rings (SSSR count). The van der Waals surface area contributed by atoms with Gasteiger partial charge in [-0.2, -0.15) is 5.26 Å². The first kappa shape index (κ1) is 23.4. The van der Waals surface area contributed by atoms with Crippen molar-refractivity contribution < 1.29 is 14.0 Å². The molecule has 0 radical (unpaired) electrons. The number of hydrogen-bond acceptors (Lipinski definition) is 4. The largest absolute Gasteiger partial charge is 0.338 e. The van der Waals surface area contributed by atoms with Crippen LogP contribution in [0.3, 0.4) is 0 Å². The van der Waals surface area contributed by atoms with E-state index in [4.69, 9.17) is 5.26 Å². The number of likely N-dealkylation sites (tertiary alicyclic amines) is 1. The molecule has 1 aliphatic heterocycles. The average Bonchev–Trinajstić information content (AvgIpc) is 2.81. The van der Waals surface area contributed by atoms with Crippen molar-refractivity contribution in [3.8, 4) is 6.07 Å². The lowest BCUT2D eigenvalue weighted by atomic mass is 9.95. The second-order valence-electron chi connectivity index (χ2n) is 8.47. The van der Waals surface area contributed by atoms with Crippen molar-refractivity contribution in [2.75, 3.05) is 40.3 Å². The molecule has 1 heterocycles. The van der Waals surface area contributed by atoms with Gasteiger partial charge in [0.15, 0.2) is 0 Å². The third-order valence-electron chi connectivity index (χ3n) is 5.73. The molecule has 0 unspecified atom stereocenters. The van der Waals surface area contributed by atoms with E-state index in [0.29, 0.717) is 37.3 Å². The summed E-state index contributed by atoms with van der Waals surface area (Å²) in [5.74, 6) is -0.788. The molecule has 2 aromatic carbocycles. The highest BCUT2D eigenvalue weighted by Crippen LogP contribution is 2.22. The Labute approximate surface area is 188 Å². The van der Waals surface area contributed by atoms with Gasteiger partial charge >= 0.3 is 0 Å². The van der Waals surface area contributed by atoms with E-state index in [1.807, 2.05) is 36.0 Å². The molecule has 0 N–H and O–H groups in total. The molecule has 32 heavy (non-hydrogen) atoms. The lowest BCUT2D eigenvalue weighted by Crippen LogP contribution is -2.47. The van der Waals surface area contributed by atoms with Crippen molar-refractivity contribution in [2.24, 2.45) is 5.92 Å². The lowest BCUT2D eigenvalue weighted by molar-refractivity contribution is -0.137. The predicted molar refractivity (Wildman–Crippen MR) is 120 cm³/mol. The van der Waals surface area contributed by atoms with Gasteiger partial charge < -0.3 is 14.7 Å². The Kier molecular flexibility index (Phi) is 7.96. The van der Waals surface area contributed by atoms with E-state index in [9.17, 15) is 14.0 Å². The lowest BCUT2D eigenvalue weighted by Gasteiger charge is -2.35. The van der Waals surface area contributed by atoms with Gasteiger partial charge in [0, 0.05) is 38.3 Å². The first-order valence-electron chi connectivity index (χ1n) is 10.8. The van der Waals surface area contributed by atoms with Gasteiger partial charge in [-0.25, -0.2) is 4.39 Å². The molecule has 6 nitrogen and oxygen atoms in total. The monoisotopic (exact) mass is 436 g/mol. The van der Waals surface area contributed by atoms with Gasteiger partial charge in [-0.3, -0.25) is 9.59 Å². The Morgan fingerprint density at radius 1 is 1.09 bits per heavy atom. The summed E-state index contributed by atoms with van der Waals surface area (Å²) in [4.78, 5) is 31.9. The summed E-state index contributed by atoms with van der Waals surface area (Å²) >= 11 is 0. The molecule has 1 fully saturated rings. The minimum atomic E-state index is -0.382. The summed E-state index contributed by atoms with van der Waals surface area (Å²) in [6.45, 7) is 2.72. The van der Waals surface area contributed by atoms with E-state index in [-0.39, 0.29) is 23.5 Å². The molecule has 0 spiro atoms. The zero-order valence-electron chi connectivity index (χ0n) is 18.6. The first-order chi connectivity index (χ1) is 15.4. The minimum Gasteiger partial charge on any atom is -0.338 e. The van der Waals surface area contributed by atoms with Crippen molar-refractivity contribution >= 4 is 11.8 Å². The van der Waals surface area contributed by atoms with Gasteiger partial charge in [-0.1, -0.05) is 12.1 Å². The van der Waals surface area contributed by atoms with Gasteiger partial charge in [-0.05, 0) is 68.9 Å². The van der Waals surface area contributed by atoms with Gasteiger partial charge in [-0.15, -0.1) is 0 Å². The van der Waals surface area contributed by atoms with Crippen LogP contribution in [0.5, 0.6) is 0 Å². The van der Waals surface area contributed by atoms with E-state index in [1.165, 1.54) is 24.3 Å². The van der Waals surface area contributed by atoms with E-state index < -0.39 is 0 Å². The summed E-state index contributed by atoms with van der Waals surface area (Å²) in [7, 11) is 3.93. The number of nitriles is 1. The van der Waals surface area contributed by atoms with Crippen molar-refractivity contribution in [1.82, 2.24) is 14.7 Å². The Bertz CT molecular complexity index is 967. The van der Waals surface area contributed by atoms with E-state index >= 15 is 0 Å². The van der Waals surface area contributed by atoms with Crippen molar-refractivity contribution in [3.63, 3.8) is 0 Å². The normalized spacial score (nSPS) is 16.0. The summed E-state index contributed by atoms with van der Waals surface area (Å²) in [6, 6.07) is 14.9. The highest BCUT2D eigenvalue weighted by molar-refractivity contribution is 5.94. The molecule has 0 aliphatic carbocycles. The molecule has 7 heteroatoms. The van der Waals surface area contributed by atoms with E-state index in [2.05, 4.69) is 6.07 Å². The van der Waals surface area contributed by atoms with Gasteiger partial charge in [0.05, 0.1) is 17.6 Å². The smallest absolute Gasteiger partial charge is 0.253 e. The predicted octanol–water partition coefficient (Wildman–Crippen LogP) is 3.14. The summed E-state index contributed by atoms with van der Waals surface area (Å²) in [5, 5.41) is 9.01. The van der Waals surface area contributed by atoms with Crippen molar-refractivity contribution in [2.45, 2.75) is 19.4 Å². The molecule has 0 bridgehead atoms. The number of rotatable bonds is 7.